The predicted molar refractivity (Wildman–Crippen MR) is 114 cm³/mol. The molecule has 2 rings (SSSR count). The molecule has 3 amide bonds. The number of halogens is 2. The van der Waals surface area contributed by atoms with Gasteiger partial charge in [0.15, 0.2) is 0 Å². The second-order valence-corrected chi connectivity index (χ2v) is 8.49. The SMILES string of the molecule is CC(C)[C@H](N)C(=O)N1CCCC1C(=O)N[C@@H](C)C(O)C(F)(F)C(=O)NCc1ccccc1. The van der Waals surface area contributed by atoms with Crippen LogP contribution >= 0.6 is 0 Å². The predicted octanol–water partition coefficient (Wildman–Crippen LogP) is 0.778. The maximum absolute atomic E-state index is 14.5. The number of nitrogens with two attached hydrogens (primary N) is 1. The number of nitrogens with one attached hydrogen (secondary N) is 2. The Labute approximate surface area is 186 Å². The van der Waals surface area contributed by atoms with Crippen LogP contribution in [-0.4, -0.2) is 64.4 Å². The van der Waals surface area contributed by atoms with Crippen molar-refractivity contribution in [3.8, 4) is 0 Å². The van der Waals surface area contributed by atoms with Gasteiger partial charge in [0.05, 0.1) is 12.1 Å². The molecule has 0 aliphatic carbocycles. The van der Waals surface area contributed by atoms with E-state index in [0.29, 0.717) is 24.9 Å². The Morgan fingerprint density at radius 2 is 1.84 bits per heavy atom. The highest BCUT2D eigenvalue weighted by Crippen LogP contribution is 2.24. The number of hydrogen-bond acceptors (Lipinski definition) is 5. The number of alkyl halides is 2. The molecule has 1 aliphatic heterocycles. The van der Waals surface area contributed by atoms with E-state index >= 15 is 0 Å². The highest BCUT2D eigenvalue weighted by molar-refractivity contribution is 5.90. The minimum absolute atomic E-state index is 0.124. The summed E-state index contributed by atoms with van der Waals surface area (Å²) in [5, 5.41) is 14.5. The molecular weight excluding hydrogens is 422 g/mol. The van der Waals surface area contributed by atoms with Gasteiger partial charge in [-0.1, -0.05) is 44.2 Å². The summed E-state index contributed by atoms with van der Waals surface area (Å²) in [6, 6.07) is 5.43. The molecule has 0 bridgehead atoms. The van der Waals surface area contributed by atoms with Gasteiger partial charge in [-0.15, -0.1) is 0 Å². The van der Waals surface area contributed by atoms with E-state index in [-0.39, 0.29) is 18.4 Å². The molecular formula is C22H32F2N4O4. The molecule has 0 radical (unpaired) electrons. The van der Waals surface area contributed by atoms with Gasteiger partial charge in [-0.3, -0.25) is 14.4 Å². The summed E-state index contributed by atoms with van der Waals surface area (Å²) >= 11 is 0. The molecule has 8 nitrogen and oxygen atoms in total. The number of likely N-dealkylation sites (tertiary alicyclic amines) is 1. The third-order valence-electron chi connectivity index (χ3n) is 5.66. The van der Waals surface area contributed by atoms with E-state index in [4.69, 9.17) is 5.73 Å². The van der Waals surface area contributed by atoms with E-state index in [1.54, 1.807) is 44.2 Å². The van der Waals surface area contributed by atoms with Crippen LogP contribution < -0.4 is 16.4 Å². The third kappa shape index (κ3) is 6.01. The zero-order valence-electron chi connectivity index (χ0n) is 18.6. The lowest BCUT2D eigenvalue weighted by Gasteiger charge is -2.31. The molecule has 5 N–H and O–H groups in total. The van der Waals surface area contributed by atoms with E-state index in [0.717, 1.165) is 0 Å². The lowest BCUT2D eigenvalue weighted by molar-refractivity contribution is -0.167. The van der Waals surface area contributed by atoms with Crippen LogP contribution in [0.4, 0.5) is 8.78 Å². The first-order valence-electron chi connectivity index (χ1n) is 10.7. The second kappa shape index (κ2) is 10.8. The van der Waals surface area contributed by atoms with Crippen LogP contribution in [0.15, 0.2) is 30.3 Å². The smallest absolute Gasteiger partial charge is 0.351 e. The van der Waals surface area contributed by atoms with Gasteiger partial charge in [0.25, 0.3) is 5.91 Å². The van der Waals surface area contributed by atoms with Crippen LogP contribution in [0.25, 0.3) is 0 Å². The van der Waals surface area contributed by atoms with Crippen molar-refractivity contribution in [2.75, 3.05) is 6.54 Å². The first-order chi connectivity index (χ1) is 15.0. The first kappa shape index (κ1) is 25.7. The van der Waals surface area contributed by atoms with Crippen molar-refractivity contribution in [3.05, 3.63) is 35.9 Å². The molecule has 2 unspecified atom stereocenters. The molecule has 32 heavy (non-hydrogen) atoms. The van der Waals surface area contributed by atoms with Crippen LogP contribution in [0.5, 0.6) is 0 Å². The van der Waals surface area contributed by atoms with Gasteiger partial charge in [0.1, 0.15) is 12.1 Å². The van der Waals surface area contributed by atoms with E-state index in [1.165, 1.54) is 11.8 Å². The van der Waals surface area contributed by atoms with Gasteiger partial charge in [-0.2, -0.15) is 8.78 Å². The molecule has 0 aromatic heterocycles. The molecule has 0 spiro atoms. The Kier molecular flexibility index (Phi) is 8.68. The van der Waals surface area contributed by atoms with Crippen molar-refractivity contribution in [2.24, 2.45) is 11.7 Å². The zero-order valence-corrected chi connectivity index (χ0v) is 18.6. The Morgan fingerprint density at radius 1 is 1.22 bits per heavy atom. The summed E-state index contributed by atoms with van der Waals surface area (Å²) in [6.07, 6.45) is -1.52. The summed E-state index contributed by atoms with van der Waals surface area (Å²) < 4.78 is 29.0. The van der Waals surface area contributed by atoms with Crippen molar-refractivity contribution in [3.63, 3.8) is 0 Å². The Balaban J connectivity index is 1.97. The number of aliphatic hydroxyl groups excluding tert-OH is 1. The number of benzene rings is 1. The van der Waals surface area contributed by atoms with Gasteiger partial charge < -0.3 is 26.4 Å². The Hall–Kier alpha value is -2.59. The first-order valence-corrected chi connectivity index (χ1v) is 10.7. The van der Waals surface area contributed by atoms with Gasteiger partial charge in [-0.25, -0.2) is 0 Å². The van der Waals surface area contributed by atoms with Crippen LogP contribution in [0, 0.1) is 5.92 Å². The molecule has 1 aromatic rings. The van der Waals surface area contributed by atoms with Gasteiger partial charge in [-0.05, 0) is 31.2 Å². The molecule has 1 aromatic carbocycles. The van der Waals surface area contributed by atoms with E-state index < -0.39 is 42.0 Å². The number of hydrogen-bond donors (Lipinski definition) is 4. The standard InChI is InChI=1S/C22H32F2N4O4/c1-13(2)17(25)20(31)28-11-7-10-16(28)19(30)27-14(3)18(29)22(23,24)21(32)26-12-15-8-5-4-6-9-15/h4-6,8-9,13-14,16-18,29H,7,10-12,25H2,1-3H3,(H,26,32)(H,27,30)/t14-,16?,17-,18?/m0/s1. The van der Waals surface area contributed by atoms with Crippen LogP contribution in [0.3, 0.4) is 0 Å². The van der Waals surface area contributed by atoms with Gasteiger partial charge in [0.2, 0.25) is 11.8 Å². The number of carbonyl (C=O) groups excluding carboxylic acids is 3. The molecule has 4 atom stereocenters. The van der Waals surface area contributed by atoms with Gasteiger partial charge in [0, 0.05) is 13.1 Å². The van der Waals surface area contributed by atoms with E-state index in [2.05, 4.69) is 10.6 Å². The quantitative estimate of drug-likeness (QED) is 0.439. The van der Waals surface area contributed by atoms with Crippen molar-refractivity contribution in [1.82, 2.24) is 15.5 Å². The second-order valence-electron chi connectivity index (χ2n) is 8.49. The Bertz CT molecular complexity index is 806. The lowest BCUT2D eigenvalue weighted by atomic mass is 10.0. The van der Waals surface area contributed by atoms with Crippen molar-refractivity contribution in [2.45, 2.75) is 70.3 Å². The van der Waals surface area contributed by atoms with Crippen LogP contribution in [-0.2, 0) is 20.9 Å². The molecule has 178 valence electrons. The number of nitrogens with zero attached hydrogens (tertiary/aromatic N) is 1. The minimum atomic E-state index is -4.13. The van der Waals surface area contributed by atoms with Crippen molar-refractivity contribution in [1.29, 1.82) is 0 Å². The van der Waals surface area contributed by atoms with Crippen LogP contribution in [0.1, 0.15) is 39.2 Å². The largest absolute Gasteiger partial charge is 0.384 e. The fourth-order valence-corrected chi connectivity index (χ4v) is 3.52. The number of amides is 3. The molecule has 1 heterocycles. The summed E-state index contributed by atoms with van der Waals surface area (Å²) in [5.41, 5.74) is 6.53. The van der Waals surface area contributed by atoms with Gasteiger partial charge >= 0.3 is 5.92 Å². The normalized spacial score (nSPS) is 19.4. The number of rotatable bonds is 9. The van der Waals surface area contributed by atoms with Crippen molar-refractivity contribution >= 4 is 17.7 Å². The molecule has 1 aliphatic rings. The average Bonchev–Trinajstić information content (AvgIpc) is 3.26. The Morgan fingerprint density at radius 3 is 2.44 bits per heavy atom. The topological polar surface area (TPSA) is 125 Å². The highest BCUT2D eigenvalue weighted by Gasteiger charge is 2.49. The maximum atomic E-state index is 14.5. The monoisotopic (exact) mass is 454 g/mol. The van der Waals surface area contributed by atoms with E-state index in [9.17, 15) is 28.3 Å². The summed E-state index contributed by atoms with van der Waals surface area (Å²) in [4.78, 5) is 38.6. The number of carbonyl (C=O) groups is 3. The van der Waals surface area contributed by atoms with E-state index in [1.807, 2.05) is 0 Å². The fourth-order valence-electron chi connectivity index (χ4n) is 3.52. The molecule has 1 saturated heterocycles. The molecule has 1 fully saturated rings. The minimum Gasteiger partial charge on any atom is -0.384 e. The molecule has 10 heteroatoms. The molecule has 0 saturated carbocycles. The lowest BCUT2D eigenvalue weighted by Crippen LogP contribution is -2.59. The fraction of sp³-hybridized carbons (Fsp3) is 0.591. The zero-order chi connectivity index (χ0) is 24.1. The van der Waals surface area contributed by atoms with Crippen molar-refractivity contribution < 1.29 is 28.3 Å². The maximum Gasteiger partial charge on any atom is 0.351 e. The average molecular weight is 455 g/mol. The summed E-state index contributed by atoms with van der Waals surface area (Å²) in [6.45, 7) is 4.97. The number of aliphatic hydroxyl groups is 1. The summed E-state index contributed by atoms with van der Waals surface area (Å²) in [5.74, 6) is -6.95. The third-order valence-corrected chi connectivity index (χ3v) is 5.66. The highest BCUT2D eigenvalue weighted by atomic mass is 19.3. The van der Waals surface area contributed by atoms with Crippen LogP contribution in [0.2, 0.25) is 0 Å². The summed E-state index contributed by atoms with van der Waals surface area (Å²) in [7, 11) is 0.